The first-order valence-corrected chi connectivity index (χ1v) is 7.28. The molecular formula is C12H22O13. The van der Waals surface area contributed by atoms with Crippen molar-refractivity contribution in [1.29, 1.82) is 0 Å². The van der Waals surface area contributed by atoms with E-state index in [1.165, 1.54) is 0 Å². The van der Waals surface area contributed by atoms with Crippen LogP contribution in [0.4, 0.5) is 0 Å². The van der Waals surface area contributed by atoms with Gasteiger partial charge in [0.2, 0.25) is 17.9 Å². The molecule has 0 spiro atoms. The summed E-state index contributed by atoms with van der Waals surface area (Å²) in [5.74, 6) is -6.48. The van der Waals surface area contributed by atoms with Gasteiger partial charge in [0, 0.05) is 0 Å². The van der Waals surface area contributed by atoms with E-state index in [1.54, 1.807) is 0 Å². The topological polar surface area (TPSA) is 230 Å². The minimum absolute atomic E-state index is 0.858. The van der Waals surface area contributed by atoms with Gasteiger partial charge in [-0.1, -0.05) is 0 Å². The molecule has 0 aromatic rings. The first kappa shape index (κ1) is 20.8. The summed E-state index contributed by atoms with van der Waals surface area (Å²) in [5.41, 5.74) is 0. The van der Waals surface area contributed by atoms with Crippen molar-refractivity contribution >= 4 is 0 Å². The molecule has 2 heterocycles. The lowest BCUT2D eigenvalue weighted by Crippen LogP contribution is -2.72. The second-order valence-corrected chi connectivity index (χ2v) is 5.94. The van der Waals surface area contributed by atoms with E-state index in [0.29, 0.717) is 0 Å². The maximum Gasteiger partial charge on any atom is 0.245 e. The molecule has 0 bridgehead atoms. The first-order chi connectivity index (χ1) is 11.5. The molecule has 0 amide bonds. The second-order valence-electron chi connectivity index (χ2n) is 5.94. The summed E-state index contributed by atoms with van der Waals surface area (Å²) in [7, 11) is 0. The monoisotopic (exact) mass is 374 g/mol. The van der Waals surface area contributed by atoms with Gasteiger partial charge in [-0.25, -0.2) is 0 Å². The molecule has 2 fully saturated rings. The molecule has 8 atom stereocenters. The lowest BCUT2D eigenvalue weighted by atomic mass is 9.93. The minimum Gasteiger partial charge on any atom is -0.394 e. The Kier molecular flexibility index (Phi) is 6.02. The predicted octanol–water partition coefficient (Wildman–Crippen LogP) is -6.76. The minimum atomic E-state index is -3.26. The molecule has 1 unspecified atom stereocenters. The fraction of sp³-hybridized carbons (Fsp3) is 1.00. The first-order valence-electron chi connectivity index (χ1n) is 7.28. The van der Waals surface area contributed by atoms with E-state index in [1.807, 2.05) is 0 Å². The molecule has 0 aliphatic carbocycles. The van der Waals surface area contributed by atoms with Crippen LogP contribution >= 0.6 is 0 Å². The number of rotatable bonds is 4. The van der Waals surface area contributed by atoms with Crippen molar-refractivity contribution in [1.82, 2.24) is 0 Å². The van der Waals surface area contributed by atoms with Gasteiger partial charge in [-0.15, -0.1) is 0 Å². The smallest absolute Gasteiger partial charge is 0.245 e. The largest absolute Gasteiger partial charge is 0.394 e. The summed E-state index contributed by atoms with van der Waals surface area (Å²) in [4.78, 5) is 0. The van der Waals surface area contributed by atoms with E-state index < -0.39 is 74.0 Å². The van der Waals surface area contributed by atoms with Crippen LogP contribution in [0.5, 0.6) is 0 Å². The van der Waals surface area contributed by atoms with Crippen LogP contribution in [0.15, 0.2) is 0 Å². The van der Waals surface area contributed by atoms with E-state index in [0.717, 1.165) is 0 Å². The van der Waals surface area contributed by atoms with E-state index in [-0.39, 0.29) is 0 Å². The molecule has 2 aliphatic rings. The molecule has 13 nitrogen and oxygen atoms in total. The maximum absolute atomic E-state index is 9.97. The lowest BCUT2D eigenvalue weighted by Gasteiger charge is -2.49. The van der Waals surface area contributed by atoms with Gasteiger partial charge in [-0.3, -0.25) is 0 Å². The Bertz CT molecular complexity index is 456. The van der Waals surface area contributed by atoms with Gasteiger partial charge in [0.25, 0.3) is 0 Å². The van der Waals surface area contributed by atoms with E-state index in [2.05, 4.69) is 0 Å². The Morgan fingerprint density at radius 3 is 1.84 bits per heavy atom. The highest BCUT2D eigenvalue weighted by Gasteiger charge is 2.60. The fourth-order valence-corrected chi connectivity index (χ4v) is 2.65. The lowest BCUT2D eigenvalue weighted by molar-refractivity contribution is -0.451. The number of aliphatic hydroxyl groups excluding tert-OH is 6. The van der Waals surface area contributed by atoms with E-state index in [4.69, 9.17) is 19.3 Å². The molecule has 0 saturated carbocycles. The summed E-state index contributed by atoms with van der Waals surface area (Å²) in [5, 5.41) is 96.4. The maximum atomic E-state index is 9.97. The zero-order valence-corrected chi connectivity index (χ0v) is 12.7. The number of hydrogen-bond donors (Lipinski definition) is 10. The molecule has 2 rings (SSSR count). The molecule has 2 saturated heterocycles. The van der Waals surface area contributed by atoms with Crippen LogP contribution in [0.1, 0.15) is 0 Å². The Labute approximate surface area is 140 Å². The molecule has 2 aliphatic heterocycles. The highest BCUT2D eigenvalue weighted by atomic mass is 16.8. The van der Waals surface area contributed by atoms with Crippen molar-refractivity contribution in [3.8, 4) is 0 Å². The number of aliphatic hydroxyl groups is 10. The SMILES string of the molecule is OC[C@H]1O[C@@H](O[C@@H]2[C@@H](CO)OC(O)[C@H](O)C2(O)O)C(O)(O)[C@@H](O)[C@H]1O. The third kappa shape index (κ3) is 3.52. The third-order valence-electron chi connectivity index (χ3n) is 4.19. The van der Waals surface area contributed by atoms with Crippen LogP contribution in [0.2, 0.25) is 0 Å². The summed E-state index contributed by atoms with van der Waals surface area (Å²) in [6.07, 6.45) is -16.1. The summed E-state index contributed by atoms with van der Waals surface area (Å²) < 4.78 is 14.6. The Hall–Kier alpha value is -0.520. The highest BCUT2D eigenvalue weighted by molar-refractivity contribution is 4.99. The molecule has 0 aromatic carbocycles. The molecule has 0 aromatic heterocycles. The van der Waals surface area contributed by atoms with Crippen molar-refractivity contribution in [2.24, 2.45) is 0 Å². The van der Waals surface area contributed by atoms with Gasteiger partial charge in [0.1, 0.15) is 30.5 Å². The molecule has 13 heteroatoms. The van der Waals surface area contributed by atoms with Gasteiger partial charge < -0.3 is 65.3 Å². The van der Waals surface area contributed by atoms with Crippen LogP contribution < -0.4 is 0 Å². The van der Waals surface area contributed by atoms with Crippen LogP contribution in [0.25, 0.3) is 0 Å². The summed E-state index contributed by atoms with van der Waals surface area (Å²) in [6.45, 7) is -1.80. The van der Waals surface area contributed by atoms with Gasteiger partial charge in [-0.2, -0.15) is 0 Å². The molecule has 25 heavy (non-hydrogen) atoms. The quantitative estimate of drug-likeness (QED) is 0.206. The van der Waals surface area contributed by atoms with Crippen molar-refractivity contribution in [3.63, 3.8) is 0 Å². The van der Waals surface area contributed by atoms with Gasteiger partial charge in [-0.05, 0) is 0 Å². The zero-order chi connectivity index (χ0) is 19.2. The highest BCUT2D eigenvalue weighted by Crippen LogP contribution is 2.35. The van der Waals surface area contributed by atoms with Crippen molar-refractivity contribution in [3.05, 3.63) is 0 Å². The fourth-order valence-electron chi connectivity index (χ4n) is 2.65. The molecule has 148 valence electrons. The van der Waals surface area contributed by atoms with Gasteiger partial charge >= 0.3 is 0 Å². The van der Waals surface area contributed by atoms with Crippen LogP contribution in [0.3, 0.4) is 0 Å². The van der Waals surface area contributed by atoms with Gasteiger partial charge in [0.15, 0.2) is 12.4 Å². The van der Waals surface area contributed by atoms with E-state index in [9.17, 15) is 46.0 Å². The van der Waals surface area contributed by atoms with Crippen molar-refractivity contribution in [2.45, 2.75) is 60.8 Å². The van der Waals surface area contributed by atoms with Crippen LogP contribution in [0, 0.1) is 0 Å². The summed E-state index contributed by atoms with van der Waals surface area (Å²) >= 11 is 0. The van der Waals surface area contributed by atoms with Crippen LogP contribution in [-0.4, -0.2) is 125 Å². The predicted molar refractivity (Wildman–Crippen MR) is 70.9 cm³/mol. The Morgan fingerprint density at radius 1 is 0.760 bits per heavy atom. The Balaban J connectivity index is 2.28. The average Bonchev–Trinajstić information content (AvgIpc) is 2.55. The Morgan fingerprint density at radius 2 is 1.32 bits per heavy atom. The average molecular weight is 374 g/mol. The third-order valence-corrected chi connectivity index (χ3v) is 4.19. The van der Waals surface area contributed by atoms with Crippen molar-refractivity contribution in [2.75, 3.05) is 13.2 Å². The zero-order valence-electron chi connectivity index (χ0n) is 12.7. The normalized spacial score (nSPS) is 46.8. The van der Waals surface area contributed by atoms with Crippen molar-refractivity contribution < 1.29 is 65.3 Å². The second kappa shape index (κ2) is 7.24. The van der Waals surface area contributed by atoms with Crippen LogP contribution in [-0.2, 0) is 14.2 Å². The molecular weight excluding hydrogens is 352 g/mol. The molecule has 10 N–H and O–H groups in total. The van der Waals surface area contributed by atoms with Gasteiger partial charge in [0.05, 0.1) is 13.2 Å². The van der Waals surface area contributed by atoms with E-state index >= 15 is 0 Å². The molecule has 0 radical (unpaired) electrons. The number of ether oxygens (including phenoxy) is 3. The number of hydrogen-bond acceptors (Lipinski definition) is 13. The summed E-state index contributed by atoms with van der Waals surface area (Å²) in [6, 6.07) is 0. The standard InChI is InChI=1S/C12H22O13/c13-1-3-5(15)6(16)12(21,22)10(24-3)25-8-4(2-14)23-9(18)7(17)11(8,19)20/h3-10,13-22H,1-2H2/t3-,4-,5+,6+,7+,8-,9?,10+/m1/s1.